The van der Waals surface area contributed by atoms with E-state index in [2.05, 4.69) is 21.2 Å². The third kappa shape index (κ3) is 4.89. The van der Waals surface area contributed by atoms with E-state index in [1.54, 1.807) is 31.2 Å². The van der Waals surface area contributed by atoms with Crippen molar-refractivity contribution in [2.45, 2.75) is 6.92 Å². The fourth-order valence-electron chi connectivity index (χ4n) is 2.11. The molecule has 2 rings (SSSR count). The molecule has 0 aromatic heterocycles. The first-order valence-electron chi connectivity index (χ1n) is 7.50. The van der Waals surface area contributed by atoms with Gasteiger partial charge in [-0.15, -0.1) is 0 Å². The van der Waals surface area contributed by atoms with Gasteiger partial charge in [0.1, 0.15) is 11.5 Å². The molecule has 138 valence electrons. The predicted octanol–water partition coefficient (Wildman–Crippen LogP) is 4.22. The second-order valence-corrected chi connectivity index (χ2v) is 6.53. The van der Waals surface area contributed by atoms with E-state index >= 15 is 0 Å². The first kappa shape index (κ1) is 20.1. The standard InChI is InChI=1S/C18H17BrClNO5/c1-10-6-15(16(25-3)8-14(10)20)21-17(22)9-26-18(23)12-7-11(24-2)4-5-13(12)19/h4-8H,9H2,1-3H3,(H,21,22). The van der Waals surface area contributed by atoms with E-state index in [1.165, 1.54) is 20.3 Å². The summed E-state index contributed by atoms with van der Waals surface area (Å²) in [6.45, 7) is 1.35. The van der Waals surface area contributed by atoms with Gasteiger partial charge in [-0.3, -0.25) is 4.79 Å². The number of rotatable bonds is 6. The number of halogens is 2. The van der Waals surface area contributed by atoms with Crippen LogP contribution in [0, 0.1) is 6.92 Å². The Morgan fingerprint density at radius 2 is 1.88 bits per heavy atom. The van der Waals surface area contributed by atoms with Crippen molar-refractivity contribution in [3.8, 4) is 11.5 Å². The summed E-state index contributed by atoms with van der Waals surface area (Å²) in [5, 5.41) is 3.16. The van der Waals surface area contributed by atoms with E-state index in [1.807, 2.05) is 0 Å². The van der Waals surface area contributed by atoms with Crippen LogP contribution >= 0.6 is 27.5 Å². The van der Waals surface area contributed by atoms with Gasteiger partial charge in [0.2, 0.25) is 0 Å². The SMILES string of the molecule is COc1ccc(Br)c(C(=O)OCC(=O)Nc2cc(C)c(Cl)cc2OC)c1. The van der Waals surface area contributed by atoms with Crippen molar-refractivity contribution in [1.29, 1.82) is 0 Å². The quantitative estimate of drug-likeness (QED) is 0.678. The first-order valence-corrected chi connectivity index (χ1v) is 8.67. The Kier molecular flexibility index (Phi) is 6.88. The van der Waals surface area contributed by atoms with E-state index in [-0.39, 0.29) is 5.56 Å². The number of hydrogen-bond donors (Lipinski definition) is 1. The van der Waals surface area contributed by atoms with Gasteiger partial charge in [0.05, 0.1) is 25.5 Å². The molecule has 0 spiro atoms. The fourth-order valence-corrected chi connectivity index (χ4v) is 2.67. The van der Waals surface area contributed by atoms with Crippen molar-refractivity contribution in [2.24, 2.45) is 0 Å². The topological polar surface area (TPSA) is 73.9 Å². The Bertz CT molecular complexity index is 841. The molecule has 2 aromatic carbocycles. The molecular formula is C18H17BrClNO5. The van der Waals surface area contributed by atoms with E-state index in [0.29, 0.717) is 26.7 Å². The lowest BCUT2D eigenvalue weighted by Gasteiger charge is -2.12. The molecule has 0 aliphatic rings. The smallest absolute Gasteiger partial charge is 0.339 e. The van der Waals surface area contributed by atoms with Crippen LogP contribution in [0.3, 0.4) is 0 Å². The lowest BCUT2D eigenvalue weighted by molar-refractivity contribution is -0.119. The van der Waals surface area contributed by atoms with Crippen LogP contribution in [0.15, 0.2) is 34.8 Å². The third-order valence-corrected chi connectivity index (χ3v) is 4.58. The maximum Gasteiger partial charge on any atom is 0.339 e. The second-order valence-electron chi connectivity index (χ2n) is 5.27. The molecule has 0 atom stereocenters. The van der Waals surface area contributed by atoms with Gasteiger partial charge in [0.25, 0.3) is 5.91 Å². The Morgan fingerprint density at radius 1 is 1.15 bits per heavy atom. The Balaban J connectivity index is 2.03. The molecule has 1 N–H and O–H groups in total. The van der Waals surface area contributed by atoms with Gasteiger partial charge in [-0.2, -0.15) is 0 Å². The van der Waals surface area contributed by atoms with Crippen LogP contribution < -0.4 is 14.8 Å². The predicted molar refractivity (Wildman–Crippen MR) is 102 cm³/mol. The molecule has 0 aliphatic carbocycles. The molecule has 0 aliphatic heterocycles. The van der Waals surface area contributed by atoms with Crippen molar-refractivity contribution in [1.82, 2.24) is 0 Å². The molecule has 0 bridgehead atoms. The van der Waals surface area contributed by atoms with Gasteiger partial charge in [0.15, 0.2) is 6.61 Å². The number of methoxy groups -OCH3 is 2. The molecule has 0 heterocycles. The Morgan fingerprint density at radius 3 is 2.54 bits per heavy atom. The minimum Gasteiger partial charge on any atom is -0.497 e. The van der Waals surface area contributed by atoms with Crippen LogP contribution in [-0.2, 0) is 9.53 Å². The van der Waals surface area contributed by atoms with Crippen molar-refractivity contribution >= 4 is 45.1 Å². The summed E-state index contributed by atoms with van der Waals surface area (Å²) in [7, 11) is 2.96. The van der Waals surface area contributed by atoms with Gasteiger partial charge in [0, 0.05) is 15.6 Å². The summed E-state index contributed by atoms with van der Waals surface area (Å²) in [4.78, 5) is 24.3. The normalized spacial score (nSPS) is 10.2. The lowest BCUT2D eigenvalue weighted by Crippen LogP contribution is -2.21. The average Bonchev–Trinajstić information content (AvgIpc) is 2.63. The first-order chi connectivity index (χ1) is 12.3. The molecule has 6 nitrogen and oxygen atoms in total. The summed E-state index contributed by atoms with van der Waals surface area (Å²) in [6, 6.07) is 8.17. The number of benzene rings is 2. The molecule has 0 radical (unpaired) electrons. The number of carbonyl (C=O) groups is 2. The highest BCUT2D eigenvalue weighted by molar-refractivity contribution is 9.10. The van der Waals surface area contributed by atoms with E-state index in [0.717, 1.165) is 5.56 Å². The number of carbonyl (C=O) groups excluding carboxylic acids is 2. The van der Waals surface area contributed by atoms with Crippen molar-refractivity contribution < 1.29 is 23.8 Å². The number of nitrogens with one attached hydrogen (secondary N) is 1. The number of anilines is 1. The zero-order valence-corrected chi connectivity index (χ0v) is 16.7. The van der Waals surface area contributed by atoms with Gasteiger partial charge in [-0.1, -0.05) is 11.6 Å². The molecule has 0 saturated carbocycles. The van der Waals surface area contributed by atoms with Crippen LogP contribution in [-0.4, -0.2) is 32.7 Å². The average molecular weight is 443 g/mol. The molecule has 0 saturated heterocycles. The second kappa shape index (κ2) is 8.91. The summed E-state index contributed by atoms with van der Waals surface area (Å²) in [5.41, 5.74) is 1.48. The van der Waals surface area contributed by atoms with Crippen molar-refractivity contribution in [3.63, 3.8) is 0 Å². The van der Waals surface area contributed by atoms with Gasteiger partial charge in [-0.25, -0.2) is 4.79 Å². The molecule has 2 aromatic rings. The van der Waals surface area contributed by atoms with Gasteiger partial charge in [-0.05, 0) is 52.7 Å². The van der Waals surface area contributed by atoms with Crippen molar-refractivity contribution in [3.05, 3.63) is 51.0 Å². The zero-order valence-electron chi connectivity index (χ0n) is 14.4. The van der Waals surface area contributed by atoms with Crippen molar-refractivity contribution in [2.75, 3.05) is 26.1 Å². The number of hydrogen-bond acceptors (Lipinski definition) is 5. The number of esters is 1. The maximum atomic E-state index is 12.2. The van der Waals surface area contributed by atoms with Crippen LogP contribution in [0.5, 0.6) is 11.5 Å². The summed E-state index contributed by atoms with van der Waals surface area (Å²) >= 11 is 9.30. The van der Waals surface area contributed by atoms with E-state index in [4.69, 9.17) is 25.8 Å². The largest absolute Gasteiger partial charge is 0.497 e. The Hall–Kier alpha value is -2.25. The molecule has 0 unspecified atom stereocenters. The van der Waals surface area contributed by atoms with E-state index < -0.39 is 18.5 Å². The summed E-state index contributed by atoms with van der Waals surface area (Å²) in [5.74, 6) is -0.232. The minimum absolute atomic E-state index is 0.261. The van der Waals surface area contributed by atoms with Crippen LogP contribution in [0.1, 0.15) is 15.9 Å². The lowest BCUT2D eigenvalue weighted by atomic mass is 10.2. The molecular weight excluding hydrogens is 426 g/mol. The molecule has 0 fully saturated rings. The molecule has 26 heavy (non-hydrogen) atoms. The van der Waals surface area contributed by atoms with Crippen LogP contribution in [0.25, 0.3) is 0 Å². The Labute approximate surface area is 164 Å². The monoisotopic (exact) mass is 441 g/mol. The summed E-state index contributed by atoms with van der Waals surface area (Å²) < 4.78 is 15.9. The number of ether oxygens (including phenoxy) is 3. The van der Waals surface area contributed by atoms with Crippen LogP contribution in [0.2, 0.25) is 5.02 Å². The third-order valence-electron chi connectivity index (χ3n) is 3.48. The van der Waals surface area contributed by atoms with Crippen LogP contribution in [0.4, 0.5) is 5.69 Å². The highest BCUT2D eigenvalue weighted by atomic mass is 79.9. The number of amides is 1. The number of aryl methyl sites for hydroxylation is 1. The highest BCUT2D eigenvalue weighted by Crippen LogP contribution is 2.31. The molecule has 1 amide bonds. The zero-order chi connectivity index (χ0) is 19.3. The maximum absolute atomic E-state index is 12.2. The van der Waals surface area contributed by atoms with Gasteiger partial charge >= 0.3 is 5.97 Å². The van der Waals surface area contributed by atoms with Gasteiger partial charge < -0.3 is 19.5 Å². The highest BCUT2D eigenvalue weighted by Gasteiger charge is 2.16. The van der Waals surface area contributed by atoms with E-state index in [9.17, 15) is 9.59 Å². The summed E-state index contributed by atoms with van der Waals surface area (Å²) in [6.07, 6.45) is 0. The fraction of sp³-hybridized carbons (Fsp3) is 0.222. The minimum atomic E-state index is -0.648. The molecule has 8 heteroatoms.